The van der Waals surface area contributed by atoms with Crippen LogP contribution in [0.25, 0.3) is 0 Å². The second-order valence-electron chi connectivity index (χ2n) is 7.86. The molecule has 0 aromatic carbocycles. The molecule has 0 saturated carbocycles. The maximum atomic E-state index is 11.2. The van der Waals surface area contributed by atoms with Crippen LogP contribution in [0.5, 0.6) is 0 Å². The molecule has 0 aliphatic carbocycles. The fourth-order valence-corrected chi connectivity index (χ4v) is 3.25. The van der Waals surface area contributed by atoms with Gasteiger partial charge < -0.3 is 4.74 Å². The number of rotatable bonds is 11. The van der Waals surface area contributed by atoms with Crippen molar-refractivity contribution in [1.29, 1.82) is 0 Å². The lowest BCUT2D eigenvalue weighted by Gasteiger charge is -2.17. The van der Waals surface area contributed by atoms with Crippen LogP contribution in [0, 0.1) is 17.8 Å². The molecule has 0 aromatic rings. The molecule has 0 amide bonds. The van der Waals surface area contributed by atoms with E-state index in [9.17, 15) is 4.79 Å². The fraction of sp³-hybridized carbons (Fsp3) is 0.850. The van der Waals surface area contributed by atoms with E-state index in [2.05, 4.69) is 27.7 Å². The lowest BCUT2D eigenvalue weighted by atomic mass is 9.91. The first-order valence-corrected chi connectivity index (χ1v) is 9.27. The summed E-state index contributed by atoms with van der Waals surface area (Å²) in [6, 6.07) is 0. The monoisotopic (exact) mass is 308 g/mol. The number of hydrogen-bond acceptors (Lipinski definition) is 2. The van der Waals surface area contributed by atoms with Crippen LogP contribution in [0.15, 0.2) is 11.6 Å². The van der Waals surface area contributed by atoms with E-state index in [0.717, 1.165) is 36.2 Å². The zero-order valence-corrected chi connectivity index (χ0v) is 15.4. The van der Waals surface area contributed by atoms with Crippen molar-refractivity contribution in [3.63, 3.8) is 0 Å². The van der Waals surface area contributed by atoms with E-state index in [1.807, 2.05) is 6.92 Å². The molecule has 22 heavy (non-hydrogen) atoms. The van der Waals surface area contributed by atoms with Gasteiger partial charge in [0.05, 0.1) is 0 Å². The molecule has 0 N–H and O–H groups in total. The minimum absolute atomic E-state index is 0.0462. The molecule has 0 fully saturated rings. The largest absolute Gasteiger partial charge is 0.455 e. The number of ether oxygens (including phenoxy) is 1. The van der Waals surface area contributed by atoms with Gasteiger partial charge >= 0.3 is 5.97 Å². The summed E-state index contributed by atoms with van der Waals surface area (Å²) in [5.41, 5.74) is 1.09. The van der Waals surface area contributed by atoms with Crippen LogP contribution in [0.2, 0.25) is 0 Å². The van der Waals surface area contributed by atoms with Gasteiger partial charge in [0.25, 0.3) is 0 Å². The molecule has 0 aromatic heterocycles. The van der Waals surface area contributed by atoms with E-state index in [1.54, 1.807) is 6.08 Å². The summed E-state index contributed by atoms with van der Waals surface area (Å²) in [5, 5.41) is 0. The Balaban J connectivity index is 2.05. The highest BCUT2D eigenvalue weighted by molar-refractivity contribution is 5.85. The quantitative estimate of drug-likeness (QED) is 0.444. The maximum absolute atomic E-state index is 11.2. The Hall–Kier alpha value is -0.790. The van der Waals surface area contributed by atoms with E-state index >= 15 is 0 Å². The predicted octanol–water partition coefficient (Wildman–Crippen LogP) is 5.91. The number of hydrogen-bond donors (Lipinski definition) is 0. The third kappa shape index (κ3) is 8.00. The van der Waals surface area contributed by atoms with Gasteiger partial charge in [-0.25, -0.2) is 4.79 Å². The first-order valence-electron chi connectivity index (χ1n) is 9.27. The molecule has 0 unspecified atom stereocenters. The average molecular weight is 309 g/mol. The highest BCUT2D eigenvalue weighted by Crippen LogP contribution is 2.25. The molecule has 1 rings (SSSR count). The highest BCUT2D eigenvalue weighted by atomic mass is 16.5. The van der Waals surface area contributed by atoms with Gasteiger partial charge in [-0.15, -0.1) is 0 Å². The summed E-state index contributed by atoms with van der Waals surface area (Å²) < 4.78 is 5.30. The van der Waals surface area contributed by atoms with Crippen molar-refractivity contribution in [3.05, 3.63) is 11.6 Å². The first-order chi connectivity index (χ1) is 10.4. The van der Waals surface area contributed by atoms with Gasteiger partial charge in [0, 0.05) is 6.08 Å². The smallest absolute Gasteiger partial charge is 0.331 e. The molecule has 1 heterocycles. The topological polar surface area (TPSA) is 26.3 Å². The van der Waals surface area contributed by atoms with E-state index in [4.69, 9.17) is 4.74 Å². The van der Waals surface area contributed by atoms with E-state index in [0.29, 0.717) is 0 Å². The van der Waals surface area contributed by atoms with Gasteiger partial charge in [-0.1, -0.05) is 66.2 Å². The highest BCUT2D eigenvalue weighted by Gasteiger charge is 2.22. The Morgan fingerprint density at radius 1 is 0.955 bits per heavy atom. The summed E-state index contributed by atoms with van der Waals surface area (Å²) >= 11 is 0. The van der Waals surface area contributed by atoms with Crippen molar-refractivity contribution in [1.82, 2.24) is 0 Å². The molecule has 0 spiro atoms. The van der Waals surface area contributed by atoms with E-state index in [1.165, 1.54) is 38.5 Å². The van der Waals surface area contributed by atoms with Crippen LogP contribution in [0.3, 0.4) is 0 Å². The summed E-state index contributed by atoms with van der Waals surface area (Å²) in [7, 11) is 0. The second kappa shape index (κ2) is 10.1. The molecule has 0 bridgehead atoms. The standard InChI is InChI=1S/C20H36O2/c1-15(2)8-6-9-16(3)10-7-11-17(4)12-13-19-18(5)14-20(21)22-19/h14-17,19H,6-13H2,1-5H3/t16-,17-,19+/m1/s1. The molecule has 0 radical (unpaired) electrons. The third-order valence-corrected chi connectivity index (χ3v) is 4.91. The van der Waals surface area contributed by atoms with Crippen molar-refractivity contribution in [3.8, 4) is 0 Å². The van der Waals surface area contributed by atoms with Crippen molar-refractivity contribution < 1.29 is 9.53 Å². The van der Waals surface area contributed by atoms with Gasteiger partial charge in [0.2, 0.25) is 0 Å². The second-order valence-corrected chi connectivity index (χ2v) is 7.86. The summed E-state index contributed by atoms with van der Waals surface area (Å²) in [5.74, 6) is 2.28. The summed E-state index contributed by atoms with van der Waals surface area (Å²) in [4.78, 5) is 11.2. The predicted molar refractivity (Wildman–Crippen MR) is 93.7 cm³/mol. The molecule has 2 heteroatoms. The van der Waals surface area contributed by atoms with Gasteiger partial charge in [-0.05, 0) is 43.1 Å². The number of carbonyl (C=O) groups excluding carboxylic acids is 1. The zero-order valence-electron chi connectivity index (χ0n) is 15.4. The van der Waals surface area contributed by atoms with Crippen LogP contribution < -0.4 is 0 Å². The summed E-state index contributed by atoms with van der Waals surface area (Å²) in [6.45, 7) is 11.4. The van der Waals surface area contributed by atoms with Gasteiger partial charge in [0.15, 0.2) is 0 Å². The molecule has 2 nitrogen and oxygen atoms in total. The number of cyclic esters (lactones) is 1. The molecular formula is C20H36O2. The molecule has 0 saturated heterocycles. The molecular weight excluding hydrogens is 272 g/mol. The molecule has 1 aliphatic heterocycles. The van der Waals surface area contributed by atoms with Gasteiger partial charge in [0.1, 0.15) is 6.10 Å². The Labute approximate surface area is 137 Å². The minimum Gasteiger partial charge on any atom is -0.455 e. The molecule has 3 atom stereocenters. The van der Waals surface area contributed by atoms with Crippen molar-refractivity contribution in [2.24, 2.45) is 17.8 Å². The third-order valence-electron chi connectivity index (χ3n) is 4.91. The maximum Gasteiger partial charge on any atom is 0.331 e. The van der Waals surface area contributed by atoms with Crippen molar-refractivity contribution in [2.75, 3.05) is 0 Å². The van der Waals surface area contributed by atoms with Crippen LogP contribution in [0.1, 0.15) is 86.0 Å². The van der Waals surface area contributed by atoms with Crippen molar-refractivity contribution in [2.45, 2.75) is 92.1 Å². The van der Waals surface area contributed by atoms with Crippen LogP contribution in [0.4, 0.5) is 0 Å². The lowest BCUT2D eigenvalue weighted by Crippen LogP contribution is -2.12. The Morgan fingerprint density at radius 3 is 2.00 bits per heavy atom. The zero-order chi connectivity index (χ0) is 16.5. The van der Waals surface area contributed by atoms with E-state index in [-0.39, 0.29) is 12.1 Å². The minimum atomic E-state index is -0.162. The van der Waals surface area contributed by atoms with Gasteiger partial charge in [-0.3, -0.25) is 0 Å². The number of carbonyl (C=O) groups is 1. The number of esters is 1. The van der Waals surface area contributed by atoms with Crippen molar-refractivity contribution >= 4 is 5.97 Å². The normalized spacial score (nSPS) is 20.9. The SMILES string of the molecule is CC1=CC(=O)O[C@H]1CC[C@H](C)CCC[C@H](C)CCCC(C)C. The first kappa shape index (κ1) is 19.3. The fourth-order valence-electron chi connectivity index (χ4n) is 3.25. The van der Waals surface area contributed by atoms with Crippen LogP contribution in [-0.2, 0) is 9.53 Å². The molecule has 1 aliphatic rings. The van der Waals surface area contributed by atoms with Gasteiger partial charge in [-0.2, -0.15) is 0 Å². The lowest BCUT2D eigenvalue weighted by molar-refractivity contribution is -0.139. The van der Waals surface area contributed by atoms with Crippen LogP contribution >= 0.6 is 0 Å². The Bertz CT molecular complexity index is 357. The Kier molecular flexibility index (Phi) is 8.82. The van der Waals surface area contributed by atoms with Crippen LogP contribution in [-0.4, -0.2) is 12.1 Å². The van der Waals surface area contributed by atoms with E-state index < -0.39 is 0 Å². The Morgan fingerprint density at radius 2 is 1.50 bits per heavy atom. The molecule has 128 valence electrons. The summed E-state index contributed by atoms with van der Waals surface area (Å²) in [6.07, 6.45) is 12.0. The average Bonchev–Trinajstić information content (AvgIpc) is 2.74.